The standard InChI is InChI=1S/C20H19N/c1-14-11-12-18(15(2)13-14)21-19-9-5-3-7-16(19)17-8-4-6-10-20(17)21/h3-12,15H,13H2,1-2H3. The van der Waals surface area contributed by atoms with Crippen LogP contribution in [-0.4, -0.2) is 4.57 Å². The molecule has 1 nitrogen and oxygen atoms in total. The number of hydrogen-bond acceptors (Lipinski definition) is 0. The number of rotatable bonds is 1. The van der Waals surface area contributed by atoms with Crippen LogP contribution < -0.4 is 0 Å². The Balaban J connectivity index is 2.12. The lowest BCUT2D eigenvalue weighted by atomic mass is 9.93. The third kappa shape index (κ3) is 1.84. The van der Waals surface area contributed by atoms with Crippen LogP contribution >= 0.6 is 0 Å². The van der Waals surface area contributed by atoms with Crippen LogP contribution in [0.2, 0.25) is 0 Å². The Morgan fingerprint density at radius 1 is 0.857 bits per heavy atom. The van der Waals surface area contributed by atoms with Gasteiger partial charge in [-0.3, -0.25) is 0 Å². The Kier molecular flexibility index (Phi) is 2.75. The summed E-state index contributed by atoms with van der Waals surface area (Å²) < 4.78 is 2.44. The first-order valence-electron chi connectivity index (χ1n) is 7.61. The summed E-state index contributed by atoms with van der Waals surface area (Å²) in [5, 5.41) is 2.68. The van der Waals surface area contributed by atoms with Crippen LogP contribution in [0, 0.1) is 5.92 Å². The zero-order chi connectivity index (χ0) is 14.4. The first-order valence-corrected chi connectivity index (χ1v) is 7.61. The minimum atomic E-state index is 0.550. The van der Waals surface area contributed by atoms with Gasteiger partial charge in [0.1, 0.15) is 0 Å². The van der Waals surface area contributed by atoms with E-state index in [9.17, 15) is 0 Å². The van der Waals surface area contributed by atoms with Gasteiger partial charge in [0.2, 0.25) is 0 Å². The summed E-state index contributed by atoms with van der Waals surface area (Å²) in [7, 11) is 0. The molecule has 21 heavy (non-hydrogen) atoms. The van der Waals surface area contributed by atoms with E-state index in [0.29, 0.717) is 5.92 Å². The second-order valence-electron chi connectivity index (χ2n) is 6.08. The van der Waals surface area contributed by atoms with Gasteiger partial charge in [0.05, 0.1) is 11.0 Å². The Hall–Kier alpha value is -2.28. The summed E-state index contributed by atoms with van der Waals surface area (Å²) >= 11 is 0. The van der Waals surface area contributed by atoms with Gasteiger partial charge in [0.25, 0.3) is 0 Å². The van der Waals surface area contributed by atoms with Gasteiger partial charge in [-0.15, -0.1) is 0 Å². The van der Waals surface area contributed by atoms with E-state index >= 15 is 0 Å². The van der Waals surface area contributed by atoms with Crippen molar-refractivity contribution in [2.75, 3.05) is 0 Å². The molecule has 0 saturated heterocycles. The minimum absolute atomic E-state index is 0.550. The van der Waals surface area contributed by atoms with E-state index in [1.807, 2.05) is 0 Å². The van der Waals surface area contributed by atoms with Gasteiger partial charge >= 0.3 is 0 Å². The molecule has 0 bridgehead atoms. The maximum Gasteiger partial charge on any atom is 0.0537 e. The maximum absolute atomic E-state index is 2.44. The first kappa shape index (κ1) is 12.5. The lowest BCUT2D eigenvalue weighted by Gasteiger charge is -2.22. The Labute approximate surface area is 125 Å². The number of hydrogen-bond donors (Lipinski definition) is 0. The Bertz CT molecular complexity index is 839. The number of fused-ring (bicyclic) bond motifs is 3. The van der Waals surface area contributed by atoms with Crippen LogP contribution in [0.5, 0.6) is 0 Å². The molecule has 0 N–H and O–H groups in total. The highest BCUT2D eigenvalue weighted by Gasteiger charge is 2.19. The number of benzene rings is 2. The quantitative estimate of drug-likeness (QED) is 0.542. The van der Waals surface area contributed by atoms with Crippen molar-refractivity contribution in [3.63, 3.8) is 0 Å². The molecule has 1 atom stereocenters. The zero-order valence-electron chi connectivity index (χ0n) is 12.5. The number of allylic oxidation sites excluding steroid dienone is 4. The van der Waals surface area contributed by atoms with Gasteiger partial charge in [-0.2, -0.15) is 0 Å². The fraction of sp³-hybridized carbons (Fsp3) is 0.200. The average molecular weight is 273 g/mol. The zero-order valence-corrected chi connectivity index (χ0v) is 12.5. The molecular weight excluding hydrogens is 254 g/mol. The van der Waals surface area contributed by atoms with Crippen LogP contribution in [0.15, 0.2) is 66.3 Å². The molecule has 1 heterocycles. The molecule has 0 saturated carbocycles. The van der Waals surface area contributed by atoms with E-state index in [0.717, 1.165) is 6.42 Å². The van der Waals surface area contributed by atoms with Crippen LogP contribution in [0.25, 0.3) is 27.5 Å². The molecule has 0 aliphatic heterocycles. The Morgan fingerprint density at radius 3 is 2.00 bits per heavy atom. The third-order valence-corrected chi connectivity index (χ3v) is 4.51. The molecule has 1 aliphatic rings. The lowest BCUT2D eigenvalue weighted by molar-refractivity contribution is 0.698. The summed E-state index contributed by atoms with van der Waals surface area (Å²) in [6, 6.07) is 17.4. The second kappa shape index (κ2) is 4.63. The van der Waals surface area contributed by atoms with Crippen LogP contribution in [0.4, 0.5) is 0 Å². The number of aromatic nitrogens is 1. The van der Waals surface area contributed by atoms with Gasteiger partial charge in [-0.25, -0.2) is 0 Å². The van der Waals surface area contributed by atoms with E-state index in [4.69, 9.17) is 0 Å². The largest absolute Gasteiger partial charge is 0.313 e. The highest BCUT2D eigenvalue weighted by Crippen LogP contribution is 2.36. The van der Waals surface area contributed by atoms with Crippen LogP contribution in [0.3, 0.4) is 0 Å². The normalized spacial score (nSPS) is 18.9. The molecule has 0 fully saturated rings. The summed E-state index contributed by atoms with van der Waals surface area (Å²) in [4.78, 5) is 0. The molecule has 0 radical (unpaired) electrons. The van der Waals surface area contributed by atoms with Crippen molar-refractivity contribution in [2.24, 2.45) is 5.92 Å². The fourth-order valence-corrected chi connectivity index (χ4v) is 3.54. The topological polar surface area (TPSA) is 4.93 Å². The minimum Gasteiger partial charge on any atom is -0.313 e. The van der Waals surface area contributed by atoms with Crippen molar-refractivity contribution < 1.29 is 0 Å². The molecule has 1 aliphatic carbocycles. The molecular formula is C20H19N. The Morgan fingerprint density at radius 2 is 1.43 bits per heavy atom. The SMILES string of the molecule is CC1=CC=C(n2c3ccccc3c3ccccc32)C(C)C1. The van der Waals surface area contributed by atoms with Gasteiger partial charge in [-0.05, 0) is 31.6 Å². The molecule has 2 aromatic carbocycles. The molecule has 3 aromatic rings. The third-order valence-electron chi connectivity index (χ3n) is 4.51. The van der Waals surface area contributed by atoms with Crippen molar-refractivity contribution >= 4 is 27.5 Å². The molecule has 1 aromatic heterocycles. The summed E-state index contributed by atoms with van der Waals surface area (Å²) in [6.45, 7) is 4.54. The van der Waals surface area contributed by atoms with Crippen molar-refractivity contribution in [3.8, 4) is 0 Å². The number of nitrogens with zero attached hydrogens (tertiary/aromatic N) is 1. The van der Waals surface area contributed by atoms with Gasteiger partial charge in [0, 0.05) is 22.4 Å². The first-order chi connectivity index (χ1) is 10.3. The summed E-state index contributed by atoms with van der Waals surface area (Å²) in [6.07, 6.45) is 5.70. The van der Waals surface area contributed by atoms with Crippen LogP contribution in [-0.2, 0) is 0 Å². The average Bonchev–Trinajstić information content (AvgIpc) is 2.82. The van der Waals surface area contributed by atoms with Gasteiger partial charge in [0.15, 0.2) is 0 Å². The van der Waals surface area contributed by atoms with Crippen molar-refractivity contribution in [3.05, 3.63) is 66.3 Å². The highest BCUT2D eigenvalue weighted by molar-refractivity contribution is 6.10. The molecule has 0 amide bonds. The monoisotopic (exact) mass is 273 g/mol. The summed E-state index contributed by atoms with van der Waals surface area (Å²) in [5.41, 5.74) is 5.49. The van der Waals surface area contributed by atoms with E-state index in [-0.39, 0.29) is 0 Å². The smallest absolute Gasteiger partial charge is 0.0537 e. The van der Waals surface area contributed by atoms with E-state index in [1.54, 1.807) is 0 Å². The van der Waals surface area contributed by atoms with E-state index in [1.165, 1.54) is 33.1 Å². The molecule has 1 unspecified atom stereocenters. The van der Waals surface area contributed by atoms with Crippen molar-refractivity contribution in [2.45, 2.75) is 20.3 Å². The predicted octanol–water partition coefficient (Wildman–Crippen LogP) is 5.62. The van der Waals surface area contributed by atoms with Gasteiger partial charge in [-0.1, -0.05) is 55.0 Å². The van der Waals surface area contributed by atoms with Crippen LogP contribution in [0.1, 0.15) is 20.3 Å². The molecule has 0 spiro atoms. The highest BCUT2D eigenvalue weighted by atomic mass is 15.0. The van der Waals surface area contributed by atoms with Crippen molar-refractivity contribution in [1.29, 1.82) is 0 Å². The maximum atomic E-state index is 2.44. The summed E-state index contributed by atoms with van der Waals surface area (Å²) in [5.74, 6) is 0.550. The molecule has 1 heteroatoms. The van der Waals surface area contributed by atoms with E-state index < -0.39 is 0 Å². The van der Waals surface area contributed by atoms with Gasteiger partial charge < -0.3 is 4.57 Å². The predicted molar refractivity (Wildman–Crippen MR) is 91.3 cm³/mol. The van der Waals surface area contributed by atoms with Crippen molar-refractivity contribution in [1.82, 2.24) is 4.57 Å². The molecule has 104 valence electrons. The lowest BCUT2D eigenvalue weighted by Crippen LogP contribution is -2.09. The second-order valence-corrected chi connectivity index (χ2v) is 6.08. The fourth-order valence-electron chi connectivity index (χ4n) is 3.54. The molecule has 4 rings (SSSR count). The number of para-hydroxylation sites is 2. The van der Waals surface area contributed by atoms with E-state index in [2.05, 4.69) is 79.1 Å².